The fourth-order valence-electron chi connectivity index (χ4n) is 2.09. The van der Waals surface area contributed by atoms with Crippen molar-refractivity contribution in [3.63, 3.8) is 0 Å². The molecule has 2 rings (SSSR count). The predicted molar refractivity (Wildman–Crippen MR) is 73.1 cm³/mol. The quantitative estimate of drug-likeness (QED) is 0.863. The Bertz CT molecular complexity index is 627. The number of carbonyl (C=O) groups is 1. The van der Waals surface area contributed by atoms with E-state index in [2.05, 4.69) is 9.88 Å². The van der Waals surface area contributed by atoms with Crippen molar-refractivity contribution in [3.8, 4) is 0 Å². The number of hydrogen-bond acceptors (Lipinski definition) is 4. The zero-order chi connectivity index (χ0) is 13.8. The standard InChI is InChI=1S/C14H18N2O3/c1-10(17)4-3-7-16(2)9-11-5-6-13-12(8-11)15-14(18)19-13/h5-6,8H,3-4,7,9H2,1-2H3,(H,15,18). The second-order valence-electron chi connectivity index (χ2n) is 4.89. The molecule has 19 heavy (non-hydrogen) atoms. The Labute approximate surface area is 111 Å². The van der Waals surface area contributed by atoms with Crippen LogP contribution in [0.1, 0.15) is 25.3 Å². The van der Waals surface area contributed by atoms with Crippen LogP contribution in [0.3, 0.4) is 0 Å². The number of benzene rings is 1. The van der Waals surface area contributed by atoms with Crippen LogP contribution in [0.4, 0.5) is 0 Å². The smallest absolute Gasteiger partial charge is 0.408 e. The highest BCUT2D eigenvalue weighted by Gasteiger charge is 2.05. The number of hydrogen-bond donors (Lipinski definition) is 1. The maximum absolute atomic E-state index is 11.1. The van der Waals surface area contributed by atoms with Crippen LogP contribution < -0.4 is 5.76 Å². The lowest BCUT2D eigenvalue weighted by atomic mass is 10.2. The molecule has 1 aromatic heterocycles. The van der Waals surface area contributed by atoms with Crippen LogP contribution in [0.2, 0.25) is 0 Å². The molecule has 0 bridgehead atoms. The summed E-state index contributed by atoms with van der Waals surface area (Å²) in [5, 5.41) is 0. The number of oxazole rings is 1. The van der Waals surface area contributed by atoms with Crippen molar-refractivity contribution in [1.82, 2.24) is 9.88 Å². The van der Waals surface area contributed by atoms with Gasteiger partial charge < -0.3 is 14.1 Å². The summed E-state index contributed by atoms with van der Waals surface area (Å²) < 4.78 is 4.96. The van der Waals surface area contributed by atoms with Gasteiger partial charge in [0, 0.05) is 13.0 Å². The van der Waals surface area contributed by atoms with Gasteiger partial charge >= 0.3 is 5.76 Å². The fourth-order valence-corrected chi connectivity index (χ4v) is 2.09. The molecule has 0 radical (unpaired) electrons. The van der Waals surface area contributed by atoms with Crippen molar-refractivity contribution >= 4 is 16.9 Å². The first-order valence-electron chi connectivity index (χ1n) is 6.34. The molecule has 0 aliphatic rings. The normalized spacial score (nSPS) is 11.3. The van der Waals surface area contributed by atoms with Crippen molar-refractivity contribution in [1.29, 1.82) is 0 Å². The topological polar surface area (TPSA) is 66.3 Å². The summed E-state index contributed by atoms with van der Waals surface area (Å²) in [5.74, 6) is -0.201. The largest absolute Gasteiger partial charge is 0.417 e. The maximum atomic E-state index is 11.1. The van der Waals surface area contributed by atoms with Crippen molar-refractivity contribution in [2.45, 2.75) is 26.3 Å². The van der Waals surface area contributed by atoms with Gasteiger partial charge in [0.25, 0.3) is 0 Å². The number of nitrogens with one attached hydrogen (secondary N) is 1. The molecule has 0 amide bonds. The number of nitrogens with zero attached hydrogens (tertiary/aromatic N) is 1. The number of aromatic nitrogens is 1. The molecule has 1 heterocycles. The molecule has 2 aromatic rings. The average Bonchev–Trinajstić information content (AvgIpc) is 2.67. The molecule has 5 heteroatoms. The Kier molecular flexibility index (Phi) is 4.16. The maximum Gasteiger partial charge on any atom is 0.417 e. The van der Waals surface area contributed by atoms with Gasteiger partial charge in [-0.3, -0.25) is 4.98 Å². The van der Waals surface area contributed by atoms with Crippen LogP contribution in [0.25, 0.3) is 11.1 Å². The Balaban J connectivity index is 1.96. The number of ketones is 1. The van der Waals surface area contributed by atoms with Gasteiger partial charge in [0.1, 0.15) is 5.78 Å². The minimum Gasteiger partial charge on any atom is -0.408 e. The van der Waals surface area contributed by atoms with Crippen LogP contribution in [0.5, 0.6) is 0 Å². The molecule has 0 saturated carbocycles. The molecule has 1 aromatic carbocycles. The van der Waals surface area contributed by atoms with E-state index in [0.29, 0.717) is 12.0 Å². The lowest BCUT2D eigenvalue weighted by Crippen LogP contribution is -2.19. The van der Waals surface area contributed by atoms with E-state index in [9.17, 15) is 9.59 Å². The molecule has 0 spiro atoms. The monoisotopic (exact) mass is 262 g/mol. The zero-order valence-corrected chi connectivity index (χ0v) is 11.2. The van der Waals surface area contributed by atoms with E-state index in [-0.39, 0.29) is 5.78 Å². The second-order valence-corrected chi connectivity index (χ2v) is 4.89. The summed E-state index contributed by atoms with van der Waals surface area (Å²) in [7, 11) is 2.02. The lowest BCUT2D eigenvalue weighted by molar-refractivity contribution is -0.117. The number of H-pyrrole nitrogens is 1. The molecule has 0 saturated heterocycles. The van der Waals surface area contributed by atoms with Crippen LogP contribution in [-0.4, -0.2) is 29.3 Å². The third kappa shape index (κ3) is 3.79. The first kappa shape index (κ1) is 13.5. The average molecular weight is 262 g/mol. The van der Waals surface area contributed by atoms with E-state index in [0.717, 1.165) is 30.6 Å². The summed E-state index contributed by atoms with van der Waals surface area (Å²) in [6.07, 6.45) is 1.50. The Hall–Kier alpha value is -1.88. The van der Waals surface area contributed by atoms with E-state index in [1.54, 1.807) is 13.0 Å². The third-order valence-electron chi connectivity index (χ3n) is 3.00. The number of fused-ring (bicyclic) bond motifs is 1. The molecule has 0 atom stereocenters. The molecule has 0 aliphatic heterocycles. The van der Waals surface area contributed by atoms with Gasteiger partial charge in [-0.15, -0.1) is 0 Å². The first-order valence-corrected chi connectivity index (χ1v) is 6.34. The van der Waals surface area contributed by atoms with Crippen LogP contribution in [0, 0.1) is 0 Å². The Morgan fingerprint density at radius 1 is 1.42 bits per heavy atom. The van der Waals surface area contributed by atoms with E-state index in [1.807, 2.05) is 19.2 Å². The fraction of sp³-hybridized carbons (Fsp3) is 0.429. The summed E-state index contributed by atoms with van der Waals surface area (Å²) >= 11 is 0. The highest BCUT2D eigenvalue weighted by molar-refractivity contribution is 5.75. The molecule has 0 fully saturated rings. The number of Topliss-reactive ketones (excluding diaryl/α,β-unsaturated/α-hetero) is 1. The highest BCUT2D eigenvalue weighted by atomic mass is 16.4. The zero-order valence-electron chi connectivity index (χ0n) is 11.2. The molecule has 102 valence electrons. The van der Waals surface area contributed by atoms with Gasteiger partial charge in [-0.2, -0.15) is 0 Å². The molecular formula is C14H18N2O3. The van der Waals surface area contributed by atoms with E-state index >= 15 is 0 Å². The molecule has 0 aliphatic carbocycles. The lowest BCUT2D eigenvalue weighted by Gasteiger charge is -2.16. The highest BCUT2D eigenvalue weighted by Crippen LogP contribution is 2.13. The van der Waals surface area contributed by atoms with Gasteiger partial charge in [0.15, 0.2) is 5.58 Å². The number of rotatable bonds is 6. The second kappa shape index (κ2) is 5.84. The van der Waals surface area contributed by atoms with Crippen LogP contribution in [0.15, 0.2) is 27.4 Å². The van der Waals surface area contributed by atoms with Gasteiger partial charge in [-0.25, -0.2) is 4.79 Å². The predicted octanol–water partition coefficient (Wildman–Crippen LogP) is 1.92. The van der Waals surface area contributed by atoms with Crippen LogP contribution in [-0.2, 0) is 11.3 Å². The summed E-state index contributed by atoms with van der Waals surface area (Å²) in [6, 6.07) is 5.66. The Morgan fingerprint density at radius 3 is 2.95 bits per heavy atom. The third-order valence-corrected chi connectivity index (χ3v) is 3.00. The van der Waals surface area contributed by atoms with Crippen molar-refractivity contribution in [3.05, 3.63) is 34.3 Å². The molecule has 0 unspecified atom stereocenters. The van der Waals surface area contributed by atoms with E-state index < -0.39 is 5.76 Å². The van der Waals surface area contributed by atoms with Crippen molar-refractivity contribution < 1.29 is 9.21 Å². The Morgan fingerprint density at radius 2 is 2.21 bits per heavy atom. The number of aromatic amines is 1. The molecule has 5 nitrogen and oxygen atoms in total. The van der Waals surface area contributed by atoms with Gasteiger partial charge in [0.2, 0.25) is 0 Å². The van der Waals surface area contributed by atoms with Crippen molar-refractivity contribution in [2.75, 3.05) is 13.6 Å². The molecular weight excluding hydrogens is 244 g/mol. The van der Waals surface area contributed by atoms with Gasteiger partial charge in [-0.1, -0.05) is 6.07 Å². The van der Waals surface area contributed by atoms with E-state index in [1.165, 1.54) is 0 Å². The van der Waals surface area contributed by atoms with Crippen molar-refractivity contribution in [2.24, 2.45) is 0 Å². The van der Waals surface area contributed by atoms with Gasteiger partial charge in [0.05, 0.1) is 5.52 Å². The summed E-state index contributed by atoms with van der Waals surface area (Å²) in [4.78, 5) is 26.7. The summed E-state index contributed by atoms with van der Waals surface area (Å²) in [5.41, 5.74) is 2.41. The molecule has 1 N–H and O–H groups in total. The summed E-state index contributed by atoms with van der Waals surface area (Å²) in [6.45, 7) is 3.27. The van der Waals surface area contributed by atoms with Crippen LogP contribution >= 0.6 is 0 Å². The first-order chi connectivity index (χ1) is 9.04. The van der Waals surface area contributed by atoms with Gasteiger partial charge in [-0.05, 0) is 44.6 Å². The minimum absolute atomic E-state index is 0.228. The minimum atomic E-state index is -0.429. The number of carbonyl (C=O) groups excluding carboxylic acids is 1. The SMILES string of the molecule is CC(=O)CCCN(C)Cc1ccc2oc(=O)[nH]c2c1. The van der Waals surface area contributed by atoms with E-state index in [4.69, 9.17) is 4.42 Å².